The molecule has 47 heavy (non-hydrogen) atoms. The van der Waals surface area contributed by atoms with Crippen LogP contribution in [-0.2, 0) is 0 Å². The maximum atomic E-state index is 5.96. The lowest BCUT2D eigenvalue weighted by Gasteiger charge is -2.10. The van der Waals surface area contributed by atoms with Gasteiger partial charge in [-0.25, -0.2) is 19.9 Å². The van der Waals surface area contributed by atoms with Gasteiger partial charge in [0.25, 0.3) is 0 Å². The third-order valence-electron chi connectivity index (χ3n) is 8.64. The van der Waals surface area contributed by atoms with E-state index in [-0.39, 0.29) is 0 Å². The predicted octanol–water partition coefficient (Wildman–Crippen LogP) is 10.7. The molecule has 0 unspecified atom stereocenters. The molecule has 0 N–H and O–H groups in total. The smallest absolute Gasteiger partial charge is 0.227 e. The first-order valence-electron chi connectivity index (χ1n) is 15.5. The lowest BCUT2D eigenvalue weighted by molar-refractivity contribution is 0.654. The highest BCUT2D eigenvalue weighted by atomic mass is 16.3. The summed E-state index contributed by atoms with van der Waals surface area (Å²) in [6.45, 7) is 0. The van der Waals surface area contributed by atoms with Gasteiger partial charge >= 0.3 is 0 Å². The molecule has 9 aromatic rings. The van der Waals surface area contributed by atoms with Crippen molar-refractivity contribution in [3.8, 4) is 56.4 Å². The van der Waals surface area contributed by atoms with Crippen molar-refractivity contribution in [1.29, 1.82) is 0 Å². The molecule has 0 bridgehead atoms. The van der Waals surface area contributed by atoms with Crippen molar-refractivity contribution in [3.05, 3.63) is 158 Å². The maximum absolute atomic E-state index is 5.96. The number of hydrogen-bond acceptors (Lipinski definition) is 5. The Balaban J connectivity index is 1.08. The monoisotopic (exact) mass is 602 g/mol. The summed E-state index contributed by atoms with van der Waals surface area (Å²) in [5.74, 6) is 1.84. The van der Waals surface area contributed by atoms with E-state index in [9.17, 15) is 0 Å². The molecule has 0 aliphatic rings. The minimum Gasteiger partial charge on any atom is -0.438 e. The van der Waals surface area contributed by atoms with E-state index in [0.29, 0.717) is 23.2 Å². The SMILES string of the molecule is c1ccc(-c2nc(-c3ccc(-c4ccc(-c5cccc6ccccc56)cc4)cc3)nc(-c3ccc4oc5ncccc5c4c3)n2)cc1. The van der Waals surface area contributed by atoms with Crippen LogP contribution in [0.25, 0.3) is 89.3 Å². The van der Waals surface area contributed by atoms with Gasteiger partial charge in [-0.2, -0.15) is 0 Å². The first-order chi connectivity index (χ1) is 23.3. The van der Waals surface area contributed by atoms with Crippen LogP contribution in [0.1, 0.15) is 0 Å². The summed E-state index contributed by atoms with van der Waals surface area (Å²) >= 11 is 0. The summed E-state index contributed by atoms with van der Waals surface area (Å²) in [5, 5.41) is 4.44. The van der Waals surface area contributed by atoms with Gasteiger partial charge in [0.15, 0.2) is 17.5 Å². The fraction of sp³-hybridized carbons (Fsp3) is 0. The topological polar surface area (TPSA) is 64.7 Å². The standard InChI is InChI=1S/C42H26N4O/c1-2-9-31(10-3-1)39-44-40(46-41(45-39)33-23-24-38-37(26-33)36-14-7-25-43-42(36)47-38)32-21-17-28(18-22-32)27-15-19-30(20-16-27)35-13-6-11-29-8-4-5-12-34(29)35/h1-26H. The number of hydrogen-bond donors (Lipinski definition) is 0. The van der Waals surface area contributed by atoms with E-state index >= 15 is 0 Å². The summed E-state index contributed by atoms with van der Waals surface area (Å²) in [6, 6.07) is 52.2. The van der Waals surface area contributed by atoms with E-state index in [0.717, 1.165) is 44.2 Å². The van der Waals surface area contributed by atoms with Gasteiger partial charge in [0, 0.05) is 33.7 Å². The van der Waals surface area contributed by atoms with Crippen molar-refractivity contribution in [2.24, 2.45) is 0 Å². The van der Waals surface area contributed by atoms with Gasteiger partial charge in [0.1, 0.15) is 5.58 Å². The zero-order chi connectivity index (χ0) is 31.2. The van der Waals surface area contributed by atoms with Crippen LogP contribution in [0.2, 0.25) is 0 Å². The van der Waals surface area contributed by atoms with Crippen molar-refractivity contribution in [2.45, 2.75) is 0 Å². The summed E-state index contributed by atoms with van der Waals surface area (Å²) in [4.78, 5) is 19.2. The molecule has 3 aromatic heterocycles. The number of nitrogens with zero attached hydrogens (tertiary/aromatic N) is 4. The Labute approximate surface area is 270 Å². The van der Waals surface area contributed by atoms with E-state index < -0.39 is 0 Å². The second-order valence-corrected chi connectivity index (χ2v) is 11.5. The first-order valence-corrected chi connectivity index (χ1v) is 15.5. The van der Waals surface area contributed by atoms with Crippen LogP contribution in [0.3, 0.4) is 0 Å². The van der Waals surface area contributed by atoms with Crippen LogP contribution in [0.15, 0.2) is 162 Å². The molecule has 5 heteroatoms. The molecule has 0 amide bonds. The summed E-state index contributed by atoms with van der Waals surface area (Å²) in [7, 11) is 0. The lowest BCUT2D eigenvalue weighted by atomic mass is 9.96. The summed E-state index contributed by atoms with van der Waals surface area (Å²) in [6.07, 6.45) is 1.74. The largest absolute Gasteiger partial charge is 0.438 e. The average molecular weight is 603 g/mol. The van der Waals surface area contributed by atoms with Crippen molar-refractivity contribution >= 4 is 32.8 Å². The molecule has 3 heterocycles. The number of fused-ring (bicyclic) bond motifs is 4. The van der Waals surface area contributed by atoms with Gasteiger partial charge in [-0.1, -0.05) is 121 Å². The zero-order valence-electron chi connectivity index (χ0n) is 25.2. The molecule has 0 saturated carbocycles. The second kappa shape index (κ2) is 11.2. The average Bonchev–Trinajstić information content (AvgIpc) is 3.53. The first kappa shape index (κ1) is 26.9. The third-order valence-corrected chi connectivity index (χ3v) is 8.64. The molecule has 0 atom stereocenters. The second-order valence-electron chi connectivity index (χ2n) is 11.5. The van der Waals surface area contributed by atoms with Gasteiger partial charge in [0.05, 0.1) is 0 Å². The van der Waals surface area contributed by atoms with E-state index in [4.69, 9.17) is 19.4 Å². The molecule has 5 nitrogen and oxygen atoms in total. The molecular formula is C42H26N4O. The van der Waals surface area contributed by atoms with E-state index in [1.54, 1.807) is 6.20 Å². The minimum atomic E-state index is 0.599. The highest BCUT2D eigenvalue weighted by Gasteiger charge is 2.15. The van der Waals surface area contributed by atoms with E-state index in [2.05, 4.69) is 102 Å². The van der Waals surface area contributed by atoms with Gasteiger partial charge in [-0.3, -0.25) is 0 Å². The molecule has 0 aliphatic heterocycles. The molecule has 0 fully saturated rings. The fourth-order valence-electron chi connectivity index (χ4n) is 6.23. The normalized spacial score (nSPS) is 11.4. The van der Waals surface area contributed by atoms with E-state index in [1.807, 2.05) is 54.6 Å². The number of pyridine rings is 1. The number of benzene rings is 6. The van der Waals surface area contributed by atoms with Gasteiger partial charge in [-0.05, 0) is 63.4 Å². The summed E-state index contributed by atoms with van der Waals surface area (Å²) in [5.41, 5.74) is 8.84. The molecular weight excluding hydrogens is 576 g/mol. The Morgan fingerprint density at radius 2 is 0.957 bits per heavy atom. The third kappa shape index (κ3) is 4.91. The maximum Gasteiger partial charge on any atom is 0.227 e. The zero-order valence-corrected chi connectivity index (χ0v) is 25.2. The molecule has 0 aliphatic carbocycles. The van der Waals surface area contributed by atoms with Gasteiger partial charge < -0.3 is 4.42 Å². The Bertz CT molecular complexity index is 2550. The minimum absolute atomic E-state index is 0.599. The van der Waals surface area contributed by atoms with Crippen LogP contribution in [0, 0.1) is 0 Å². The Morgan fingerprint density at radius 1 is 0.383 bits per heavy atom. The number of furan rings is 1. The highest BCUT2D eigenvalue weighted by molar-refractivity contribution is 6.04. The van der Waals surface area contributed by atoms with Crippen LogP contribution < -0.4 is 0 Å². The molecule has 0 radical (unpaired) electrons. The highest BCUT2D eigenvalue weighted by Crippen LogP contribution is 2.33. The quantitative estimate of drug-likeness (QED) is 0.196. The fourth-order valence-corrected chi connectivity index (χ4v) is 6.23. The molecule has 0 saturated heterocycles. The van der Waals surface area contributed by atoms with Crippen molar-refractivity contribution < 1.29 is 4.42 Å². The van der Waals surface area contributed by atoms with Crippen LogP contribution >= 0.6 is 0 Å². The Morgan fingerprint density at radius 3 is 1.72 bits per heavy atom. The Hall–Kier alpha value is -6.46. The van der Waals surface area contributed by atoms with Crippen LogP contribution in [-0.4, -0.2) is 19.9 Å². The molecule has 220 valence electrons. The van der Waals surface area contributed by atoms with Crippen molar-refractivity contribution in [2.75, 3.05) is 0 Å². The molecule has 9 rings (SSSR count). The number of rotatable bonds is 5. The van der Waals surface area contributed by atoms with Gasteiger partial charge in [0.2, 0.25) is 5.71 Å². The number of aromatic nitrogens is 4. The Kier molecular flexibility index (Phi) is 6.39. The predicted molar refractivity (Wildman–Crippen MR) is 190 cm³/mol. The van der Waals surface area contributed by atoms with Crippen molar-refractivity contribution in [3.63, 3.8) is 0 Å². The van der Waals surface area contributed by atoms with E-state index in [1.165, 1.54) is 21.9 Å². The van der Waals surface area contributed by atoms with Crippen LogP contribution in [0.5, 0.6) is 0 Å². The van der Waals surface area contributed by atoms with Crippen LogP contribution in [0.4, 0.5) is 0 Å². The molecule has 0 spiro atoms. The summed E-state index contributed by atoms with van der Waals surface area (Å²) < 4.78 is 5.96. The molecule has 6 aromatic carbocycles. The lowest BCUT2D eigenvalue weighted by Crippen LogP contribution is -2.00. The van der Waals surface area contributed by atoms with Crippen molar-refractivity contribution in [1.82, 2.24) is 19.9 Å². The van der Waals surface area contributed by atoms with Gasteiger partial charge in [-0.15, -0.1) is 0 Å².